The summed E-state index contributed by atoms with van der Waals surface area (Å²) in [5.41, 5.74) is 0.453. The molecule has 39 heavy (non-hydrogen) atoms. The molecular formula is C34H58O5. The van der Waals surface area contributed by atoms with Crippen LogP contribution in [0.2, 0.25) is 0 Å². The number of unbranched alkanes of at least 4 members (excludes halogenated alkanes) is 5. The minimum Gasteiger partial charge on any atom is -0.462 e. The second kappa shape index (κ2) is 18.1. The van der Waals surface area contributed by atoms with E-state index in [2.05, 4.69) is 13.5 Å². The second-order valence-electron chi connectivity index (χ2n) is 12.9. The summed E-state index contributed by atoms with van der Waals surface area (Å²) in [6.07, 6.45) is 24.2. The number of hydrogen-bond acceptors (Lipinski definition) is 5. The van der Waals surface area contributed by atoms with Gasteiger partial charge in [-0.3, -0.25) is 4.79 Å². The third-order valence-corrected chi connectivity index (χ3v) is 9.76. The molecule has 3 aliphatic rings. The standard InChI is InChI=1S/C34H58O5/c1-4-5-8-11-27-12-14-28(15-13-27)29-16-22-32(23-17-29)39-34(36)30-18-20-31(21-19-30)37-24-9-6-7-10-25-38-33(35)26(2)3/h27-32H,2,4-25H2,1,3H3/t27-,28-,29?,30-,31-,32?. The Balaban J connectivity index is 1.18. The van der Waals surface area contributed by atoms with Gasteiger partial charge in [-0.05, 0) is 108 Å². The Morgan fingerprint density at radius 2 is 1.28 bits per heavy atom. The fraction of sp³-hybridized carbons (Fsp3) is 0.882. The monoisotopic (exact) mass is 546 g/mol. The van der Waals surface area contributed by atoms with Crippen molar-refractivity contribution in [2.24, 2.45) is 23.7 Å². The van der Waals surface area contributed by atoms with Crippen molar-refractivity contribution in [2.75, 3.05) is 13.2 Å². The van der Waals surface area contributed by atoms with Crippen molar-refractivity contribution in [3.63, 3.8) is 0 Å². The van der Waals surface area contributed by atoms with Crippen LogP contribution in [0.15, 0.2) is 12.2 Å². The molecular weight excluding hydrogens is 488 g/mol. The Morgan fingerprint density at radius 3 is 1.90 bits per heavy atom. The van der Waals surface area contributed by atoms with Gasteiger partial charge in [0.05, 0.1) is 18.6 Å². The van der Waals surface area contributed by atoms with Crippen molar-refractivity contribution in [1.82, 2.24) is 0 Å². The minimum absolute atomic E-state index is 0.0526. The maximum absolute atomic E-state index is 12.9. The third kappa shape index (κ3) is 12.0. The second-order valence-corrected chi connectivity index (χ2v) is 12.9. The number of ether oxygens (including phenoxy) is 3. The smallest absolute Gasteiger partial charge is 0.333 e. The molecule has 3 aliphatic carbocycles. The molecule has 0 unspecified atom stereocenters. The van der Waals surface area contributed by atoms with Gasteiger partial charge in [0.2, 0.25) is 0 Å². The zero-order valence-electron chi connectivity index (χ0n) is 25.3. The molecule has 0 amide bonds. The average molecular weight is 547 g/mol. The van der Waals surface area contributed by atoms with Crippen LogP contribution in [0.3, 0.4) is 0 Å². The van der Waals surface area contributed by atoms with Crippen LogP contribution < -0.4 is 0 Å². The van der Waals surface area contributed by atoms with Crippen molar-refractivity contribution >= 4 is 11.9 Å². The third-order valence-electron chi connectivity index (χ3n) is 9.76. The van der Waals surface area contributed by atoms with Gasteiger partial charge in [0.1, 0.15) is 6.10 Å². The highest BCUT2D eigenvalue weighted by molar-refractivity contribution is 5.86. The molecule has 3 saturated carbocycles. The molecule has 0 bridgehead atoms. The Hall–Kier alpha value is -1.36. The van der Waals surface area contributed by atoms with Gasteiger partial charge < -0.3 is 14.2 Å². The largest absolute Gasteiger partial charge is 0.462 e. The minimum atomic E-state index is -0.300. The summed E-state index contributed by atoms with van der Waals surface area (Å²) in [7, 11) is 0. The Kier molecular flexibility index (Phi) is 15.0. The number of esters is 2. The molecule has 0 heterocycles. The lowest BCUT2D eigenvalue weighted by molar-refractivity contribution is -0.158. The van der Waals surface area contributed by atoms with Crippen molar-refractivity contribution in [1.29, 1.82) is 0 Å². The molecule has 5 heteroatoms. The summed E-state index contributed by atoms with van der Waals surface area (Å²) in [5, 5.41) is 0. The molecule has 5 nitrogen and oxygen atoms in total. The van der Waals surface area contributed by atoms with E-state index in [1.54, 1.807) is 6.92 Å². The van der Waals surface area contributed by atoms with Gasteiger partial charge in [0.15, 0.2) is 0 Å². The van der Waals surface area contributed by atoms with Gasteiger partial charge in [0, 0.05) is 12.2 Å². The molecule has 0 atom stereocenters. The van der Waals surface area contributed by atoms with Crippen LogP contribution in [0, 0.1) is 23.7 Å². The summed E-state index contributed by atoms with van der Waals surface area (Å²) < 4.78 is 17.2. The summed E-state index contributed by atoms with van der Waals surface area (Å²) in [5.74, 6) is 2.59. The molecule has 3 fully saturated rings. The number of carbonyl (C=O) groups is 2. The van der Waals surface area contributed by atoms with Gasteiger partial charge >= 0.3 is 11.9 Å². The molecule has 0 aliphatic heterocycles. The zero-order chi connectivity index (χ0) is 27.9. The van der Waals surface area contributed by atoms with Crippen molar-refractivity contribution in [2.45, 2.75) is 154 Å². The molecule has 0 radical (unpaired) electrons. The SMILES string of the molecule is C=C(C)C(=O)OCCCCCCO[C@H]1CC[C@H](C(=O)OC2CCC([C@H]3CC[C@H](CCCCC)CC3)CC2)CC1. The van der Waals surface area contributed by atoms with Gasteiger partial charge in [-0.1, -0.05) is 58.4 Å². The lowest BCUT2D eigenvalue weighted by Crippen LogP contribution is -2.33. The topological polar surface area (TPSA) is 61.8 Å². The van der Waals surface area contributed by atoms with Gasteiger partial charge in [0.25, 0.3) is 0 Å². The first-order valence-electron chi connectivity index (χ1n) is 16.6. The van der Waals surface area contributed by atoms with Gasteiger partial charge in [-0.2, -0.15) is 0 Å². The molecule has 0 saturated heterocycles. The lowest BCUT2D eigenvalue weighted by Gasteiger charge is -2.38. The van der Waals surface area contributed by atoms with Crippen molar-refractivity contribution in [3.05, 3.63) is 12.2 Å². The molecule has 0 aromatic heterocycles. The van der Waals surface area contributed by atoms with Crippen LogP contribution in [0.1, 0.15) is 142 Å². The Labute approximate surface area is 239 Å². The predicted molar refractivity (Wildman–Crippen MR) is 157 cm³/mol. The van der Waals surface area contributed by atoms with Crippen LogP contribution in [0.25, 0.3) is 0 Å². The number of rotatable bonds is 16. The van der Waals surface area contributed by atoms with E-state index in [9.17, 15) is 9.59 Å². The lowest BCUT2D eigenvalue weighted by atomic mass is 9.70. The Bertz CT molecular complexity index is 709. The van der Waals surface area contributed by atoms with Crippen LogP contribution in [0.4, 0.5) is 0 Å². The molecule has 0 N–H and O–H groups in total. The first-order valence-corrected chi connectivity index (χ1v) is 16.6. The van der Waals surface area contributed by atoms with Gasteiger partial charge in [-0.25, -0.2) is 4.79 Å². The fourth-order valence-electron chi connectivity index (χ4n) is 7.13. The molecule has 3 rings (SSSR count). The van der Waals surface area contributed by atoms with E-state index in [0.29, 0.717) is 12.2 Å². The Morgan fingerprint density at radius 1 is 0.692 bits per heavy atom. The van der Waals surface area contributed by atoms with Crippen molar-refractivity contribution < 1.29 is 23.8 Å². The maximum Gasteiger partial charge on any atom is 0.333 e. The average Bonchev–Trinajstić information content (AvgIpc) is 2.95. The fourth-order valence-corrected chi connectivity index (χ4v) is 7.13. The van der Waals surface area contributed by atoms with Crippen LogP contribution in [-0.4, -0.2) is 37.4 Å². The highest BCUT2D eigenvalue weighted by Gasteiger charge is 2.34. The molecule has 0 aromatic rings. The normalized spacial score (nSPS) is 29.5. The summed E-state index contributed by atoms with van der Waals surface area (Å²) in [6, 6.07) is 0. The molecule has 0 aromatic carbocycles. The highest BCUT2D eigenvalue weighted by atomic mass is 16.5. The summed E-state index contributed by atoms with van der Waals surface area (Å²) in [4.78, 5) is 24.2. The summed E-state index contributed by atoms with van der Waals surface area (Å²) in [6.45, 7) is 8.80. The van der Waals surface area contributed by atoms with E-state index in [4.69, 9.17) is 14.2 Å². The maximum atomic E-state index is 12.9. The zero-order valence-corrected chi connectivity index (χ0v) is 25.3. The molecule has 0 spiro atoms. The van der Waals surface area contributed by atoms with Crippen LogP contribution in [-0.2, 0) is 23.8 Å². The quantitative estimate of drug-likeness (QED) is 0.110. The summed E-state index contributed by atoms with van der Waals surface area (Å²) >= 11 is 0. The van der Waals surface area contributed by atoms with E-state index in [-0.39, 0.29) is 30.1 Å². The van der Waals surface area contributed by atoms with E-state index < -0.39 is 0 Å². The number of carbonyl (C=O) groups excluding carboxylic acids is 2. The van der Waals surface area contributed by atoms with Crippen LogP contribution >= 0.6 is 0 Å². The van der Waals surface area contributed by atoms with E-state index in [1.807, 2.05) is 0 Å². The van der Waals surface area contributed by atoms with E-state index >= 15 is 0 Å². The van der Waals surface area contributed by atoms with E-state index in [0.717, 1.165) is 88.6 Å². The highest BCUT2D eigenvalue weighted by Crippen LogP contribution is 2.42. The van der Waals surface area contributed by atoms with Crippen LogP contribution in [0.5, 0.6) is 0 Å². The number of hydrogen-bond donors (Lipinski definition) is 0. The van der Waals surface area contributed by atoms with Crippen molar-refractivity contribution in [3.8, 4) is 0 Å². The first kappa shape index (κ1) is 32.2. The first-order chi connectivity index (χ1) is 19.0. The molecule has 224 valence electrons. The van der Waals surface area contributed by atoms with Gasteiger partial charge in [-0.15, -0.1) is 0 Å². The predicted octanol–water partition coefficient (Wildman–Crippen LogP) is 8.73. The van der Waals surface area contributed by atoms with E-state index in [1.165, 1.54) is 64.2 Å².